The largest absolute Gasteiger partial charge is 0.490 e. The van der Waals surface area contributed by atoms with Gasteiger partial charge in [-0.3, -0.25) is 9.36 Å². The fraction of sp³-hybridized carbons (Fsp3) is 0.259. The van der Waals surface area contributed by atoms with Gasteiger partial charge in [0.1, 0.15) is 0 Å². The van der Waals surface area contributed by atoms with Gasteiger partial charge in [-0.1, -0.05) is 41.7 Å². The number of fused-ring (bicyclic) bond motifs is 1. The van der Waals surface area contributed by atoms with Crippen molar-refractivity contribution in [2.24, 2.45) is 4.99 Å². The third-order valence-electron chi connectivity index (χ3n) is 5.73. The van der Waals surface area contributed by atoms with Crippen LogP contribution in [0.15, 0.2) is 63.5 Å². The van der Waals surface area contributed by atoms with Crippen LogP contribution in [0.5, 0.6) is 11.5 Å². The van der Waals surface area contributed by atoms with Gasteiger partial charge in [0.2, 0.25) is 0 Å². The van der Waals surface area contributed by atoms with Crippen molar-refractivity contribution in [2.45, 2.75) is 19.9 Å². The first-order chi connectivity index (χ1) is 18.3. The maximum Gasteiger partial charge on any atom is 0.343 e. The van der Waals surface area contributed by atoms with Crippen molar-refractivity contribution in [3.63, 3.8) is 0 Å². The van der Waals surface area contributed by atoms with E-state index in [1.165, 1.54) is 30.1 Å². The highest BCUT2D eigenvalue weighted by Crippen LogP contribution is 2.35. The maximum atomic E-state index is 13.7. The van der Waals surface area contributed by atoms with Crippen molar-refractivity contribution in [3.8, 4) is 11.5 Å². The summed E-state index contributed by atoms with van der Waals surface area (Å²) in [6.45, 7) is 3.70. The Hall–Kier alpha value is -3.45. The molecule has 0 bridgehead atoms. The minimum Gasteiger partial charge on any atom is -0.490 e. The highest BCUT2D eigenvalue weighted by Gasteiger charge is 2.32. The van der Waals surface area contributed by atoms with Crippen molar-refractivity contribution in [3.05, 3.63) is 88.1 Å². The second-order valence-electron chi connectivity index (χ2n) is 8.11. The van der Waals surface area contributed by atoms with Gasteiger partial charge in [0.05, 0.1) is 46.2 Å². The molecule has 2 aromatic carbocycles. The number of nitrogens with zero attached hydrogens (tertiary/aromatic N) is 2. The van der Waals surface area contributed by atoms with Gasteiger partial charge >= 0.3 is 11.9 Å². The molecule has 4 rings (SSSR count). The van der Waals surface area contributed by atoms with Crippen LogP contribution in [0.2, 0.25) is 0 Å². The van der Waals surface area contributed by atoms with Crippen molar-refractivity contribution in [1.29, 1.82) is 0 Å². The minimum atomic E-state index is -0.671. The Morgan fingerprint density at radius 1 is 1.13 bits per heavy atom. The number of methoxy groups -OCH3 is 2. The summed E-state index contributed by atoms with van der Waals surface area (Å²) in [6, 6.07) is 12.2. The lowest BCUT2D eigenvalue weighted by atomic mass is 9.96. The van der Waals surface area contributed by atoms with Crippen LogP contribution in [0.4, 0.5) is 0 Å². The summed E-state index contributed by atoms with van der Waals surface area (Å²) in [5.74, 6) is -0.192. The van der Waals surface area contributed by atoms with Crippen LogP contribution >= 0.6 is 33.9 Å². The zero-order chi connectivity index (χ0) is 27.4. The Morgan fingerprint density at radius 3 is 2.53 bits per heavy atom. The van der Waals surface area contributed by atoms with E-state index in [1.807, 2.05) is 43.3 Å². The molecule has 1 aromatic heterocycles. The van der Waals surface area contributed by atoms with Crippen LogP contribution in [-0.4, -0.2) is 43.9 Å². The molecule has 1 unspecified atom stereocenters. The first-order valence-corrected chi connectivity index (χ1v) is 13.5. The van der Waals surface area contributed by atoms with E-state index >= 15 is 0 Å². The third-order valence-corrected chi connectivity index (χ3v) is 7.52. The Kier molecular flexibility index (Phi) is 8.67. The molecule has 11 heteroatoms. The predicted octanol–water partition coefficient (Wildman–Crippen LogP) is 2.96. The summed E-state index contributed by atoms with van der Waals surface area (Å²) in [4.78, 5) is 43.1. The Labute approximate surface area is 236 Å². The lowest BCUT2D eigenvalue weighted by molar-refractivity contribution is -0.143. The van der Waals surface area contributed by atoms with E-state index in [2.05, 4.69) is 32.3 Å². The molecule has 1 aliphatic heterocycles. The number of hydrogen-bond donors (Lipinski definition) is 0. The molecule has 0 saturated heterocycles. The topological polar surface area (TPSA) is 105 Å². The van der Waals surface area contributed by atoms with E-state index in [0.717, 1.165) is 5.56 Å². The minimum absolute atomic E-state index is 0.258. The number of allylic oxidation sites excluding steroid dienone is 1. The Balaban J connectivity index is 1.85. The normalized spacial score (nSPS) is 15.0. The van der Waals surface area contributed by atoms with Crippen LogP contribution in [0.3, 0.4) is 0 Å². The van der Waals surface area contributed by atoms with E-state index < -0.39 is 18.0 Å². The van der Waals surface area contributed by atoms with Gasteiger partial charge in [0, 0.05) is 0 Å². The second kappa shape index (κ2) is 11.9. The first-order valence-electron chi connectivity index (χ1n) is 11.6. The first kappa shape index (κ1) is 27.6. The zero-order valence-electron chi connectivity index (χ0n) is 21.1. The number of carbonyl (C=O) groups is 2. The van der Waals surface area contributed by atoms with E-state index in [-0.39, 0.29) is 12.2 Å². The van der Waals surface area contributed by atoms with Gasteiger partial charge in [-0.25, -0.2) is 14.6 Å². The summed E-state index contributed by atoms with van der Waals surface area (Å²) < 4.78 is 23.8. The molecular weight excluding hydrogens is 623 g/mol. The summed E-state index contributed by atoms with van der Waals surface area (Å²) in [5, 5.41) is 0. The number of ether oxygens (including phenoxy) is 4. The highest BCUT2D eigenvalue weighted by atomic mass is 127. The van der Waals surface area contributed by atoms with Crippen molar-refractivity contribution < 1.29 is 28.5 Å². The van der Waals surface area contributed by atoms with Crippen molar-refractivity contribution in [1.82, 2.24) is 4.57 Å². The summed E-state index contributed by atoms with van der Waals surface area (Å²) in [7, 11) is 2.60. The standard InChI is InChI=1S/C27H25IN2O7S/c1-5-36-19-12-16(11-18(28)24(19)37-14-21(31)34-3)13-20-25(32)30-23(17-9-7-6-8-10-17)22(26(33)35-4)15(2)29-27(30)38-20/h6-13,23H,5,14H2,1-4H3. The average molecular weight is 648 g/mol. The second-order valence-corrected chi connectivity index (χ2v) is 10.3. The molecule has 2 heterocycles. The van der Waals surface area contributed by atoms with Gasteiger partial charge in [0.15, 0.2) is 22.9 Å². The van der Waals surface area contributed by atoms with Gasteiger partial charge in [-0.05, 0) is 65.8 Å². The monoisotopic (exact) mass is 648 g/mol. The van der Waals surface area contributed by atoms with Gasteiger partial charge in [-0.2, -0.15) is 0 Å². The van der Waals surface area contributed by atoms with Crippen LogP contribution in [0.25, 0.3) is 6.08 Å². The van der Waals surface area contributed by atoms with E-state index in [1.54, 1.807) is 19.1 Å². The molecular formula is C27H25IN2O7S. The van der Waals surface area contributed by atoms with E-state index in [9.17, 15) is 14.4 Å². The number of aromatic nitrogens is 1. The van der Waals surface area contributed by atoms with Crippen LogP contribution < -0.4 is 24.4 Å². The lowest BCUT2D eigenvalue weighted by Crippen LogP contribution is -2.39. The van der Waals surface area contributed by atoms with Gasteiger partial charge in [-0.15, -0.1) is 0 Å². The SMILES string of the molecule is CCOc1cc(C=c2sc3n(c2=O)C(c2ccccc2)C(C(=O)OC)=C(C)N=3)cc(I)c1OCC(=O)OC. The van der Waals surface area contributed by atoms with Gasteiger partial charge < -0.3 is 18.9 Å². The number of hydrogen-bond acceptors (Lipinski definition) is 9. The molecule has 0 saturated carbocycles. The number of carbonyl (C=O) groups excluding carboxylic acids is 2. The maximum absolute atomic E-state index is 13.7. The van der Waals surface area contributed by atoms with E-state index in [4.69, 9.17) is 14.2 Å². The number of rotatable bonds is 8. The number of benzene rings is 2. The Bertz CT molecular complexity index is 1590. The van der Waals surface area contributed by atoms with Gasteiger partial charge in [0.25, 0.3) is 5.56 Å². The fourth-order valence-corrected chi connectivity index (χ4v) is 5.89. The van der Waals surface area contributed by atoms with Crippen LogP contribution in [0, 0.1) is 3.57 Å². The number of esters is 2. The van der Waals surface area contributed by atoms with Crippen molar-refractivity contribution in [2.75, 3.05) is 27.4 Å². The molecule has 0 spiro atoms. The van der Waals surface area contributed by atoms with Crippen LogP contribution in [0.1, 0.15) is 31.0 Å². The molecule has 1 atom stereocenters. The number of halogens is 1. The average Bonchev–Trinajstić information content (AvgIpc) is 3.21. The molecule has 0 N–H and O–H groups in total. The molecule has 0 aliphatic carbocycles. The molecule has 9 nitrogen and oxygen atoms in total. The Morgan fingerprint density at radius 2 is 1.87 bits per heavy atom. The molecule has 1 aliphatic rings. The summed E-state index contributed by atoms with van der Waals surface area (Å²) in [6.07, 6.45) is 1.75. The summed E-state index contributed by atoms with van der Waals surface area (Å²) in [5.41, 5.74) is 2.01. The number of thiazole rings is 1. The molecule has 38 heavy (non-hydrogen) atoms. The zero-order valence-corrected chi connectivity index (χ0v) is 24.1. The molecule has 0 fully saturated rings. The van der Waals surface area contributed by atoms with Crippen molar-refractivity contribution >= 4 is 51.9 Å². The van der Waals surface area contributed by atoms with E-state index in [0.29, 0.717) is 47.8 Å². The molecule has 0 amide bonds. The lowest BCUT2D eigenvalue weighted by Gasteiger charge is -2.24. The summed E-state index contributed by atoms with van der Waals surface area (Å²) >= 11 is 3.33. The highest BCUT2D eigenvalue weighted by molar-refractivity contribution is 14.1. The molecule has 198 valence electrons. The smallest absolute Gasteiger partial charge is 0.343 e. The third kappa shape index (κ3) is 5.53. The fourth-order valence-electron chi connectivity index (χ4n) is 4.06. The molecule has 0 radical (unpaired) electrons. The predicted molar refractivity (Wildman–Crippen MR) is 150 cm³/mol. The molecule has 3 aromatic rings. The van der Waals surface area contributed by atoms with Crippen LogP contribution in [-0.2, 0) is 19.1 Å². The quantitative estimate of drug-likeness (QED) is 0.273.